The lowest BCUT2D eigenvalue weighted by Crippen LogP contribution is -2.30. The molecule has 0 radical (unpaired) electrons. The summed E-state index contributed by atoms with van der Waals surface area (Å²) >= 11 is 0. The van der Waals surface area contributed by atoms with Crippen molar-refractivity contribution in [1.82, 2.24) is 0 Å². The average molecular weight is 215 g/mol. The Morgan fingerprint density at radius 3 is 2.56 bits per heavy atom. The van der Waals surface area contributed by atoms with E-state index in [2.05, 4.69) is 11.8 Å². The Balaban J connectivity index is 2.78. The predicted molar refractivity (Wildman–Crippen MR) is 67.2 cm³/mol. The molecule has 0 unspecified atom stereocenters. The normalized spacial score (nSPS) is 9.12. The Morgan fingerprint density at radius 1 is 1.31 bits per heavy atom. The molecule has 16 heavy (non-hydrogen) atoms. The van der Waals surface area contributed by atoms with Crippen molar-refractivity contribution in [2.24, 2.45) is 0 Å². The molecular formula is C14H17NO. The summed E-state index contributed by atoms with van der Waals surface area (Å²) in [6.45, 7) is 4.36. The molecule has 0 atom stereocenters. The van der Waals surface area contributed by atoms with E-state index in [4.69, 9.17) is 0 Å². The fourth-order valence-corrected chi connectivity index (χ4v) is 1.49. The number of carbonyl (C=O) groups is 1. The van der Waals surface area contributed by atoms with Gasteiger partial charge >= 0.3 is 0 Å². The maximum absolute atomic E-state index is 11.8. The highest BCUT2D eigenvalue weighted by molar-refractivity contribution is 5.93. The first-order chi connectivity index (χ1) is 7.79. The second-order valence-electron chi connectivity index (χ2n) is 3.41. The van der Waals surface area contributed by atoms with E-state index in [1.807, 2.05) is 44.2 Å². The molecule has 0 bridgehead atoms. The largest absolute Gasteiger partial charge is 0.311 e. The van der Waals surface area contributed by atoms with E-state index in [-0.39, 0.29) is 5.91 Å². The van der Waals surface area contributed by atoms with Gasteiger partial charge in [0.15, 0.2) is 0 Å². The third kappa shape index (κ3) is 3.43. The van der Waals surface area contributed by atoms with Crippen molar-refractivity contribution in [2.75, 3.05) is 11.4 Å². The summed E-state index contributed by atoms with van der Waals surface area (Å²) in [5.41, 5.74) is 0.951. The monoisotopic (exact) mass is 215 g/mol. The number of nitrogens with zero attached hydrogens (tertiary/aromatic N) is 1. The summed E-state index contributed by atoms with van der Waals surface area (Å²) < 4.78 is 0. The number of rotatable bonds is 4. The van der Waals surface area contributed by atoms with Gasteiger partial charge in [-0.25, -0.2) is 0 Å². The van der Waals surface area contributed by atoms with Crippen LogP contribution in [0.15, 0.2) is 30.3 Å². The molecule has 1 rings (SSSR count). The minimum Gasteiger partial charge on any atom is -0.311 e. The van der Waals surface area contributed by atoms with Gasteiger partial charge in [-0.05, 0) is 19.1 Å². The molecule has 0 spiro atoms. The highest BCUT2D eigenvalue weighted by atomic mass is 16.2. The maximum atomic E-state index is 11.8. The molecule has 2 heteroatoms. The van der Waals surface area contributed by atoms with E-state index in [0.29, 0.717) is 13.0 Å². The van der Waals surface area contributed by atoms with Crippen LogP contribution in [0.25, 0.3) is 0 Å². The number of hydrogen-bond donors (Lipinski definition) is 0. The zero-order valence-corrected chi connectivity index (χ0v) is 9.86. The van der Waals surface area contributed by atoms with Gasteiger partial charge in [-0.1, -0.05) is 25.1 Å². The molecule has 0 aliphatic heterocycles. The molecule has 2 nitrogen and oxygen atoms in total. The molecule has 0 saturated heterocycles. The third-order valence-electron chi connectivity index (χ3n) is 2.31. The van der Waals surface area contributed by atoms with Crippen molar-refractivity contribution in [3.8, 4) is 11.8 Å². The second kappa shape index (κ2) is 6.68. The molecule has 0 N–H and O–H groups in total. The molecule has 1 aromatic carbocycles. The number of benzene rings is 1. The molecule has 0 heterocycles. The first-order valence-corrected chi connectivity index (χ1v) is 5.54. The molecule has 0 saturated carbocycles. The van der Waals surface area contributed by atoms with E-state index >= 15 is 0 Å². The number of carbonyl (C=O) groups excluding carboxylic acids is 1. The first-order valence-electron chi connectivity index (χ1n) is 5.54. The zero-order chi connectivity index (χ0) is 11.8. The Hall–Kier alpha value is -1.75. The minimum absolute atomic E-state index is 0.143. The van der Waals surface area contributed by atoms with Gasteiger partial charge in [0.1, 0.15) is 0 Å². The first kappa shape index (κ1) is 12.3. The van der Waals surface area contributed by atoms with Gasteiger partial charge in [-0.15, -0.1) is 11.8 Å². The van der Waals surface area contributed by atoms with Crippen LogP contribution in [-0.4, -0.2) is 12.5 Å². The third-order valence-corrected chi connectivity index (χ3v) is 2.31. The summed E-state index contributed by atoms with van der Waals surface area (Å²) in [5, 5.41) is 0. The summed E-state index contributed by atoms with van der Waals surface area (Å²) in [6, 6.07) is 9.73. The highest BCUT2D eigenvalue weighted by Gasteiger charge is 2.12. The fourth-order valence-electron chi connectivity index (χ4n) is 1.49. The van der Waals surface area contributed by atoms with Gasteiger partial charge in [0.2, 0.25) is 5.91 Å². The van der Waals surface area contributed by atoms with Crippen molar-refractivity contribution < 1.29 is 4.79 Å². The Kier molecular flexibility index (Phi) is 5.15. The summed E-state index contributed by atoms with van der Waals surface area (Å²) in [6.07, 6.45) is 1.24. The van der Waals surface area contributed by atoms with Crippen molar-refractivity contribution in [3.63, 3.8) is 0 Å². The highest BCUT2D eigenvalue weighted by Crippen LogP contribution is 2.14. The van der Waals surface area contributed by atoms with Crippen LogP contribution < -0.4 is 4.90 Å². The molecule has 0 aliphatic carbocycles. The molecule has 1 aromatic rings. The molecule has 0 aliphatic rings. The lowest BCUT2D eigenvalue weighted by atomic mass is 10.2. The van der Waals surface area contributed by atoms with Crippen molar-refractivity contribution in [2.45, 2.75) is 26.7 Å². The van der Waals surface area contributed by atoms with Crippen molar-refractivity contribution in [3.05, 3.63) is 30.3 Å². The van der Waals surface area contributed by atoms with E-state index < -0.39 is 0 Å². The zero-order valence-electron chi connectivity index (χ0n) is 9.86. The van der Waals surface area contributed by atoms with Crippen LogP contribution in [0.5, 0.6) is 0 Å². The Labute approximate surface area is 97.3 Å². The van der Waals surface area contributed by atoms with Crippen LogP contribution in [0, 0.1) is 11.8 Å². The molecular weight excluding hydrogens is 198 g/mol. The number of hydrogen-bond acceptors (Lipinski definition) is 1. The van der Waals surface area contributed by atoms with E-state index in [1.165, 1.54) is 0 Å². The quantitative estimate of drug-likeness (QED) is 0.707. The second-order valence-corrected chi connectivity index (χ2v) is 3.41. The van der Waals surface area contributed by atoms with Crippen molar-refractivity contribution >= 4 is 11.6 Å². The molecule has 0 aromatic heterocycles. The lowest BCUT2D eigenvalue weighted by Gasteiger charge is -2.21. The maximum Gasteiger partial charge on any atom is 0.226 e. The van der Waals surface area contributed by atoms with Crippen LogP contribution in [0.3, 0.4) is 0 Å². The van der Waals surface area contributed by atoms with Gasteiger partial charge in [0.05, 0.1) is 0 Å². The van der Waals surface area contributed by atoms with Gasteiger partial charge in [0, 0.05) is 25.1 Å². The fraction of sp³-hybridized carbons (Fsp3) is 0.357. The van der Waals surface area contributed by atoms with Crippen LogP contribution in [0.2, 0.25) is 0 Å². The molecule has 0 fully saturated rings. The van der Waals surface area contributed by atoms with Gasteiger partial charge in [-0.3, -0.25) is 4.79 Å². The summed E-state index contributed by atoms with van der Waals surface area (Å²) in [4.78, 5) is 13.6. The van der Waals surface area contributed by atoms with Crippen LogP contribution >= 0.6 is 0 Å². The van der Waals surface area contributed by atoms with Gasteiger partial charge in [-0.2, -0.15) is 0 Å². The SMILES string of the molecule is CC#CCCN(C(=O)CC)c1ccccc1. The number of amides is 1. The number of anilines is 1. The van der Waals surface area contributed by atoms with E-state index in [9.17, 15) is 4.79 Å². The van der Waals surface area contributed by atoms with Crippen LogP contribution in [0.1, 0.15) is 26.7 Å². The average Bonchev–Trinajstić information content (AvgIpc) is 2.35. The van der Waals surface area contributed by atoms with Crippen molar-refractivity contribution in [1.29, 1.82) is 0 Å². The lowest BCUT2D eigenvalue weighted by molar-refractivity contribution is -0.118. The minimum atomic E-state index is 0.143. The van der Waals surface area contributed by atoms with Crippen LogP contribution in [-0.2, 0) is 4.79 Å². The standard InChI is InChI=1S/C14H17NO/c1-3-5-9-12-15(14(16)4-2)13-10-7-6-8-11-13/h6-8,10-11H,4,9,12H2,1-2H3. The topological polar surface area (TPSA) is 20.3 Å². The number of para-hydroxylation sites is 1. The summed E-state index contributed by atoms with van der Waals surface area (Å²) in [7, 11) is 0. The smallest absolute Gasteiger partial charge is 0.226 e. The van der Waals surface area contributed by atoms with Crippen LogP contribution in [0.4, 0.5) is 5.69 Å². The molecule has 1 amide bonds. The summed E-state index contributed by atoms with van der Waals surface area (Å²) in [5.74, 6) is 5.97. The predicted octanol–water partition coefficient (Wildman–Crippen LogP) is 2.84. The Bertz CT molecular complexity index is 386. The Morgan fingerprint density at radius 2 is 2.00 bits per heavy atom. The van der Waals surface area contributed by atoms with Gasteiger partial charge < -0.3 is 4.90 Å². The van der Waals surface area contributed by atoms with E-state index in [0.717, 1.165) is 12.1 Å². The van der Waals surface area contributed by atoms with E-state index in [1.54, 1.807) is 4.90 Å². The molecule has 84 valence electrons. The van der Waals surface area contributed by atoms with Gasteiger partial charge in [0.25, 0.3) is 0 Å².